The first kappa shape index (κ1) is 17.7. The first-order valence-electron chi connectivity index (χ1n) is 6.57. The molecule has 0 saturated carbocycles. The summed E-state index contributed by atoms with van der Waals surface area (Å²) in [6, 6.07) is 16.6. The molecule has 0 aliphatic carbocycles. The van der Waals surface area contributed by atoms with Crippen LogP contribution in [0.15, 0.2) is 48.5 Å². The average molecular weight is 317 g/mol. The van der Waals surface area contributed by atoms with Crippen LogP contribution in [0, 0.1) is 11.3 Å². The standard InChI is InChI=1S/C17H16N2O2.ClH/c1-21-17(20)16(19)10-12-6-8-13(9-7-12)15-5-3-2-4-14(15)11-18;/h2-9,16H,10,19H2,1H3;1H. The predicted molar refractivity (Wildman–Crippen MR) is 87.5 cm³/mol. The number of benzene rings is 2. The molecule has 0 fully saturated rings. The molecule has 0 aliphatic heterocycles. The molecule has 2 N–H and O–H groups in total. The molecular formula is C17H17ClN2O2. The number of nitrogens with two attached hydrogens (primary N) is 1. The fraction of sp³-hybridized carbons (Fsp3) is 0.176. The van der Waals surface area contributed by atoms with Crippen LogP contribution in [-0.2, 0) is 16.0 Å². The second-order valence-corrected chi connectivity index (χ2v) is 4.69. The number of nitrogens with zero attached hydrogens (tertiary/aromatic N) is 1. The lowest BCUT2D eigenvalue weighted by atomic mass is 9.98. The van der Waals surface area contributed by atoms with E-state index in [0.29, 0.717) is 12.0 Å². The van der Waals surface area contributed by atoms with Crippen molar-refractivity contribution in [3.63, 3.8) is 0 Å². The maximum atomic E-state index is 11.3. The second kappa shape index (κ2) is 8.18. The van der Waals surface area contributed by atoms with E-state index in [-0.39, 0.29) is 12.4 Å². The molecule has 0 bridgehead atoms. The smallest absolute Gasteiger partial charge is 0.322 e. The fourth-order valence-electron chi connectivity index (χ4n) is 2.14. The number of nitriles is 1. The molecule has 114 valence electrons. The van der Waals surface area contributed by atoms with Crippen LogP contribution in [0.4, 0.5) is 0 Å². The monoisotopic (exact) mass is 316 g/mol. The highest BCUT2D eigenvalue weighted by molar-refractivity contribution is 5.85. The van der Waals surface area contributed by atoms with Crippen molar-refractivity contribution in [1.29, 1.82) is 5.26 Å². The van der Waals surface area contributed by atoms with Gasteiger partial charge in [-0.05, 0) is 29.2 Å². The van der Waals surface area contributed by atoms with Crippen LogP contribution in [-0.4, -0.2) is 19.1 Å². The second-order valence-electron chi connectivity index (χ2n) is 4.69. The van der Waals surface area contributed by atoms with Crippen LogP contribution >= 0.6 is 12.4 Å². The molecule has 0 aromatic heterocycles. The van der Waals surface area contributed by atoms with E-state index >= 15 is 0 Å². The van der Waals surface area contributed by atoms with Crippen LogP contribution in [0.2, 0.25) is 0 Å². The Kier molecular flexibility index (Phi) is 6.58. The van der Waals surface area contributed by atoms with Crippen LogP contribution < -0.4 is 5.73 Å². The summed E-state index contributed by atoms with van der Waals surface area (Å²) >= 11 is 0. The lowest BCUT2D eigenvalue weighted by Crippen LogP contribution is -2.33. The molecule has 0 aliphatic rings. The zero-order valence-corrected chi connectivity index (χ0v) is 13.0. The molecule has 5 heteroatoms. The fourth-order valence-corrected chi connectivity index (χ4v) is 2.14. The topological polar surface area (TPSA) is 76.1 Å². The molecule has 2 aromatic carbocycles. The summed E-state index contributed by atoms with van der Waals surface area (Å²) in [5.41, 5.74) is 9.18. The van der Waals surface area contributed by atoms with Gasteiger partial charge in [0.05, 0.1) is 18.7 Å². The Balaban J connectivity index is 0.00000242. The van der Waals surface area contributed by atoms with Crippen LogP contribution in [0.5, 0.6) is 0 Å². The minimum absolute atomic E-state index is 0. The lowest BCUT2D eigenvalue weighted by Gasteiger charge is -2.10. The number of carbonyl (C=O) groups excluding carboxylic acids is 1. The number of hydrogen-bond donors (Lipinski definition) is 1. The molecule has 1 unspecified atom stereocenters. The number of ether oxygens (including phenoxy) is 1. The Morgan fingerprint density at radius 1 is 1.23 bits per heavy atom. The number of rotatable bonds is 4. The zero-order chi connectivity index (χ0) is 15.2. The number of halogens is 1. The third-order valence-corrected chi connectivity index (χ3v) is 3.27. The highest BCUT2D eigenvalue weighted by Crippen LogP contribution is 2.23. The Bertz CT molecular complexity index is 678. The molecule has 0 spiro atoms. The first-order valence-corrected chi connectivity index (χ1v) is 6.57. The van der Waals surface area contributed by atoms with Crippen molar-refractivity contribution in [2.45, 2.75) is 12.5 Å². The molecule has 22 heavy (non-hydrogen) atoms. The summed E-state index contributed by atoms with van der Waals surface area (Å²) in [6.07, 6.45) is 0.423. The van der Waals surface area contributed by atoms with E-state index in [1.54, 1.807) is 6.07 Å². The van der Waals surface area contributed by atoms with Gasteiger partial charge in [0, 0.05) is 0 Å². The van der Waals surface area contributed by atoms with Crippen molar-refractivity contribution >= 4 is 18.4 Å². The van der Waals surface area contributed by atoms with E-state index in [4.69, 9.17) is 11.0 Å². The summed E-state index contributed by atoms with van der Waals surface area (Å²) in [4.78, 5) is 11.3. The van der Waals surface area contributed by atoms with E-state index in [1.165, 1.54) is 7.11 Å². The van der Waals surface area contributed by atoms with Crippen LogP contribution in [0.3, 0.4) is 0 Å². The van der Waals surface area contributed by atoms with Crippen LogP contribution in [0.1, 0.15) is 11.1 Å². The predicted octanol–water partition coefficient (Wildman–Crippen LogP) is 2.69. The van der Waals surface area contributed by atoms with Gasteiger partial charge < -0.3 is 10.5 Å². The van der Waals surface area contributed by atoms with Gasteiger partial charge in [0.25, 0.3) is 0 Å². The molecule has 0 saturated heterocycles. The van der Waals surface area contributed by atoms with Crippen molar-refractivity contribution < 1.29 is 9.53 Å². The summed E-state index contributed by atoms with van der Waals surface area (Å²) in [5, 5.41) is 9.12. The minimum Gasteiger partial charge on any atom is -0.468 e. The molecule has 0 heterocycles. The molecule has 4 nitrogen and oxygen atoms in total. The SMILES string of the molecule is COC(=O)C(N)Cc1ccc(-c2ccccc2C#N)cc1.Cl. The van der Waals surface area contributed by atoms with Gasteiger partial charge in [0.2, 0.25) is 0 Å². The normalized spacial score (nSPS) is 11.0. The maximum absolute atomic E-state index is 11.3. The van der Waals surface area contributed by atoms with Gasteiger partial charge in [-0.1, -0.05) is 42.5 Å². The van der Waals surface area contributed by atoms with Crippen molar-refractivity contribution in [2.75, 3.05) is 7.11 Å². The average Bonchev–Trinajstić information content (AvgIpc) is 2.54. The highest BCUT2D eigenvalue weighted by atomic mass is 35.5. The van der Waals surface area contributed by atoms with Crippen LogP contribution in [0.25, 0.3) is 11.1 Å². The summed E-state index contributed by atoms with van der Waals surface area (Å²) in [5.74, 6) is -0.422. The molecule has 0 radical (unpaired) electrons. The highest BCUT2D eigenvalue weighted by Gasteiger charge is 2.14. The van der Waals surface area contributed by atoms with E-state index in [0.717, 1.165) is 16.7 Å². The number of hydrogen-bond acceptors (Lipinski definition) is 4. The minimum atomic E-state index is -0.660. The Labute approximate surface area is 135 Å². The van der Waals surface area contributed by atoms with Crippen molar-refractivity contribution in [3.8, 4) is 17.2 Å². The van der Waals surface area contributed by atoms with Gasteiger partial charge in [-0.2, -0.15) is 5.26 Å². The third-order valence-electron chi connectivity index (χ3n) is 3.27. The van der Waals surface area contributed by atoms with Crippen molar-refractivity contribution in [3.05, 3.63) is 59.7 Å². The van der Waals surface area contributed by atoms with Gasteiger partial charge >= 0.3 is 5.97 Å². The molecule has 2 aromatic rings. The number of esters is 1. The van der Waals surface area contributed by atoms with Gasteiger partial charge in [-0.15, -0.1) is 12.4 Å². The van der Waals surface area contributed by atoms with Crippen molar-refractivity contribution in [1.82, 2.24) is 0 Å². The molecule has 1 atom stereocenters. The summed E-state index contributed by atoms with van der Waals surface area (Å²) < 4.78 is 4.61. The largest absolute Gasteiger partial charge is 0.468 e. The maximum Gasteiger partial charge on any atom is 0.322 e. The summed E-state index contributed by atoms with van der Waals surface area (Å²) in [7, 11) is 1.32. The molecule has 0 amide bonds. The van der Waals surface area contributed by atoms with E-state index in [9.17, 15) is 4.79 Å². The van der Waals surface area contributed by atoms with E-state index in [2.05, 4.69) is 10.8 Å². The zero-order valence-electron chi connectivity index (χ0n) is 12.2. The van der Waals surface area contributed by atoms with Gasteiger partial charge in [-0.25, -0.2) is 0 Å². The number of methoxy groups -OCH3 is 1. The summed E-state index contributed by atoms with van der Waals surface area (Å²) in [6.45, 7) is 0. The Morgan fingerprint density at radius 2 is 1.86 bits per heavy atom. The van der Waals surface area contributed by atoms with E-state index in [1.807, 2.05) is 42.5 Å². The Hall–Kier alpha value is -2.35. The lowest BCUT2D eigenvalue weighted by molar-refractivity contribution is -0.142. The quantitative estimate of drug-likeness (QED) is 0.880. The first-order chi connectivity index (χ1) is 10.2. The Morgan fingerprint density at radius 3 is 2.45 bits per heavy atom. The molecule has 2 rings (SSSR count). The van der Waals surface area contributed by atoms with Crippen molar-refractivity contribution in [2.24, 2.45) is 5.73 Å². The molecular weight excluding hydrogens is 300 g/mol. The van der Waals surface area contributed by atoms with Gasteiger partial charge in [0.15, 0.2) is 0 Å². The van der Waals surface area contributed by atoms with Gasteiger partial charge in [0.1, 0.15) is 6.04 Å². The number of carbonyl (C=O) groups is 1. The van der Waals surface area contributed by atoms with Gasteiger partial charge in [-0.3, -0.25) is 4.79 Å². The van der Waals surface area contributed by atoms with E-state index < -0.39 is 12.0 Å². The third kappa shape index (κ3) is 4.08.